The molecule has 2 aromatic carbocycles. The summed E-state index contributed by atoms with van der Waals surface area (Å²) in [7, 11) is 0. The summed E-state index contributed by atoms with van der Waals surface area (Å²) in [4.78, 5) is 25.3. The molecule has 31 heavy (non-hydrogen) atoms. The van der Waals surface area contributed by atoms with E-state index in [4.69, 9.17) is 4.74 Å². The highest BCUT2D eigenvalue weighted by molar-refractivity contribution is 5.95. The summed E-state index contributed by atoms with van der Waals surface area (Å²) in [5.41, 5.74) is 5.36. The second kappa shape index (κ2) is 9.33. The molecule has 0 aliphatic heterocycles. The number of nitrogens with zero attached hydrogens (tertiary/aromatic N) is 2. The Morgan fingerprint density at radius 1 is 1.13 bits per heavy atom. The van der Waals surface area contributed by atoms with Crippen molar-refractivity contribution in [2.45, 2.75) is 60.5 Å². The number of hydrogen-bond acceptors (Lipinski definition) is 3. The van der Waals surface area contributed by atoms with E-state index in [1.807, 2.05) is 42.7 Å². The minimum atomic E-state index is -0.358. The van der Waals surface area contributed by atoms with E-state index in [9.17, 15) is 9.59 Å². The summed E-state index contributed by atoms with van der Waals surface area (Å²) in [6.45, 7) is 13.3. The maximum absolute atomic E-state index is 13.1. The summed E-state index contributed by atoms with van der Waals surface area (Å²) < 4.78 is 9.26. The van der Waals surface area contributed by atoms with Gasteiger partial charge in [0.2, 0.25) is 0 Å². The molecule has 0 bridgehead atoms. The van der Waals surface area contributed by atoms with Gasteiger partial charge in [0.1, 0.15) is 0 Å². The molecule has 6 nitrogen and oxygen atoms in total. The molecular weight excluding hydrogens is 390 g/mol. The van der Waals surface area contributed by atoms with Gasteiger partial charge in [0, 0.05) is 18.7 Å². The van der Waals surface area contributed by atoms with Gasteiger partial charge in [0.15, 0.2) is 17.6 Å². The average Bonchev–Trinajstić information content (AvgIpc) is 2.99. The van der Waals surface area contributed by atoms with Crippen molar-refractivity contribution in [3.63, 3.8) is 0 Å². The van der Waals surface area contributed by atoms with Crippen molar-refractivity contribution < 1.29 is 18.9 Å². The van der Waals surface area contributed by atoms with Crippen LogP contribution in [0.15, 0.2) is 36.4 Å². The summed E-state index contributed by atoms with van der Waals surface area (Å²) in [6, 6.07) is 11.6. The van der Waals surface area contributed by atoms with E-state index in [0.29, 0.717) is 18.1 Å². The second-order valence-corrected chi connectivity index (χ2v) is 8.04. The van der Waals surface area contributed by atoms with Crippen molar-refractivity contribution in [3.05, 3.63) is 58.9 Å². The first kappa shape index (κ1) is 22.5. The van der Waals surface area contributed by atoms with Crippen LogP contribution in [0.1, 0.15) is 60.9 Å². The van der Waals surface area contributed by atoms with Crippen LogP contribution in [0.25, 0.3) is 11.0 Å². The highest BCUT2D eigenvalue weighted by Gasteiger charge is 2.25. The zero-order chi connectivity index (χ0) is 22.7. The Balaban J connectivity index is 1.99. The van der Waals surface area contributed by atoms with Crippen LogP contribution >= 0.6 is 0 Å². The van der Waals surface area contributed by atoms with E-state index >= 15 is 0 Å². The summed E-state index contributed by atoms with van der Waals surface area (Å²) in [5, 5.41) is 3.12. The van der Waals surface area contributed by atoms with Gasteiger partial charge in [-0.1, -0.05) is 32.0 Å². The third kappa shape index (κ3) is 4.48. The fourth-order valence-electron chi connectivity index (χ4n) is 4.07. The van der Waals surface area contributed by atoms with E-state index in [1.165, 1.54) is 0 Å². The molecule has 1 heterocycles. The molecule has 0 spiro atoms. The number of aromatic nitrogens is 2. The van der Waals surface area contributed by atoms with Crippen LogP contribution in [0.2, 0.25) is 0 Å². The number of imidazole rings is 1. The number of benzene rings is 2. The SMILES string of the molecule is CCOC(=O)c1ccc2c(c1)n(CC(=O)Nc1c(C)cccc1C(C)C)c(C)[n+]2CC. The Morgan fingerprint density at radius 3 is 2.52 bits per heavy atom. The van der Waals surface area contributed by atoms with Gasteiger partial charge in [-0.05, 0) is 49.9 Å². The fraction of sp³-hybridized carbons (Fsp3) is 0.400. The molecule has 3 aromatic rings. The number of para-hydroxylation sites is 1. The number of anilines is 1. The van der Waals surface area contributed by atoms with Crippen molar-refractivity contribution in [3.8, 4) is 0 Å². The zero-order valence-corrected chi connectivity index (χ0v) is 19.3. The second-order valence-electron chi connectivity index (χ2n) is 8.04. The fourth-order valence-corrected chi connectivity index (χ4v) is 4.07. The summed E-state index contributed by atoms with van der Waals surface area (Å²) in [5.74, 6) is 0.811. The number of aryl methyl sites for hydroxylation is 2. The van der Waals surface area contributed by atoms with Gasteiger partial charge in [0.05, 0.1) is 18.7 Å². The minimum absolute atomic E-state index is 0.0963. The molecule has 0 aliphatic rings. The van der Waals surface area contributed by atoms with E-state index in [-0.39, 0.29) is 18.4 Å². The molecule has 1 amide bonds. The number of fused-ring (bicyclic) bond motifs is 1. The highest BCUT2D eigenvalue weighted by atomic mass is 16.5. The van der Waals surface area contributed by atoms with Gasteiger partial charge in [-0.15, -0.1) is 0 Å². The normalized spacial score (nSPS) is 11.2. The molecular formula is C25H32N3O3+. The predicted octanol–water partition coefficient (Wildman–Crippen LogP) is 4.50. The first-order chi connectivity index (χ1) is 14.8. The number of rotatable bonds is 7. The monoisotopic (exact) mass is 422 g/mol. The Morgan fingerprint density at radius 2 is 1.87 bits per heavy atom. The zero-order valence-electron chi connectivity index (χ0n) is 19.3. The molecule has 0 atom stereocenters. The molecule has 0 saturated heterocycles. The molecule has 1 aromatic heterocycles. The van der Waals surface area contributed by atoms with Crippen molar-refractivity contribution in [1.82, 2.24) is 4.57 Å². The van der Waals surface area contributed by atoms with Gasteiger partial charge in [-0.2, -0.15) is 0 Å². The molecule has 164 valence electrons. The number of carbonyl (C=O) groups excluding carboxylic acids is 2. The number of carbonyl (C=O) groups is 2. The van der Waals surface area contributed by atoms with E-state index < -0.39 is 0 Å². The molecule has 0 unspecified atom stereocenters. The van der Waals surface area contributed by atoms with E-state index in [2.05, 4.69) is 36.7 Å². The molecule has 0 fully saturated rings. The Labute approximate surface area is 183 Å². The van der Waals surface area contributed by atoms with Gasteiger partial charge in [0.25, 0.3) is 11.7 Å². The number of hydrogen-bond donors (Lipinski definition) is 1. The smallest absolute Gasteiger partial charge is 0.338 e. The maximum atomic E-state index is 13.1. The van der Waals surface area contributed by atoms with Crippen LogP contribution in [0.3, 0.4) is 0 Å². The lowest BCUT2D eigenvalue weighted by Crippen LogP contribution is -2.35. The molecule has 0 saturated carbocycles. The van der Waals surface area contributed by atoms with Crippen LogP contribution in [0.4, 0.5) is 5.69 Å². The predicted molar refractivity (Wildman–Crippen MR) is 122 cm³/mol. The van der Waals surface area contributed by atoms with Gasteiger partial charge < -0.3 is 10.1 Å². The van der Waals surface area contributed by atoms with Crippen molar-refractivity contribution >= 4 is 28.6 Å². The third-order valence-electron chi connectivity index (χ3n) is 5.66. The quantitative estimate of drug-likeness (QED) is 0.450. The lowest BCUT2D eigenvalue weighted by Gasteiger charge is -2.16. The van der Waals surface area contributed by atoms with Crippen molar-refractivity contribution in [2.75, 3.05) is 11.9 Å². The van der Waals surface area contributed by atoms with Crippen LogP contribution in [0, 0.1) is 13.8 Å². The lowest BCUT2D eigenvalue weighted by molar-refractivity contribution is -0.674. The number of ether oxygens (including phenoxy) is 1. The number of nitrogens with one attached hydrogen (secondary N) is 1. The summed E-state index contributed by atoms with van der Waals surface area (Å²) in [6.07, 6.45) is 0. The first-order valence-corrected chi connectivity index (χ1v) is 10.9. The topological polar surface area (TPSA) is 64.2 Å². The standard InChI is InChI=1S/C25H31N3O3/c1-7-27-18(6)28(22-14-19(12-13-21(22)27)25(30)31-8-2)15-23(29)26-24-17(5)10-9-11-20(24)16(3)4/h9-14,16H,7-8,15H2,1-6H3/p+1. The molecule has 3 rings (SSSR count). The van der Waals surface area contributed by atoms with Gasteiger partial charge in [-0.3, -0.25) is 4.79 Å². The number of esters is 1. The largest absolute Gasteiger partial charge is 0.462 e. The molecule has 0 radical (unpaired) electrons. The van der Waals surface area contributed by atoms with Gasteiger partial charge >= 0.3 is 5.97 Å². The summed E-state index contributed by atoms with van der Waals surface area (Å²) >= 11 is 0. The highest BCUT2D eigenvalue weighted by Crippen LogP contribution is 2.27. The Hall–Kier alpha value is -3.15. The molecule has 6 heteroatoms. The van der Waals surface area contributed by atoms with Crippen LogP contribution in [-0.4, -0.2) is 23.1 Å². The Bertz CT molecular complexity index is 1130. The molecule has 1 N–H and O–H groups in total. The van der Waals surface area contributed by atoms with Gasteiger partial charge in [-0.25, -0.2) is 13.9 Å². The Kier molecular flexibility index (Phi) is 6.78. The number of amides is 1. The molecule has 0 aliphatic carbocycles. The van der Waals surface area contributed by atoms with Crippen LogP contribution in [-0.2, 0) is 22.6 Å². The van der Waals surface area contributed by atoms with Crippen molar-refractivity contribution in [2.24, 2.45) is 0 Å². The van der Waals surface area contributed by atoms with Crippen molar-refractivity contribution in [1.29, 1.82) is 0 Å². The van der Waals surface area contributed by atoms with Crippen LogP contribution < -0.4 is 9.88 Å². The minimum Gasteiger partial charge on any atom is -0.462 e. The first-order valence-electron chi connectivity index (χ1n) is 10.9. The van der Waals surface area contributed by atoms with E-state index in [1.54, 1.807) is 13.0 Å². The van der Waals surface area contributed by atoms with Crippen LogP contribution in [0.5, 0.6) is 0 Å². The maximum Gasteiger partial charge on any atom is 0.338 e. The van der Waals surface area contributed by atoms with E-state index in [0.717, 1.165) is 40.2 Å². The average molecular weight is 423 g/mol. The lowest BCUT2D eigenvalue weighted by atomic mass is 9.98. The third-order valence-corrected chi connectivity index (χ3v) is 5.66.